The highest BCUT2D eigenvalue weighted by Gasteiger charge is 2.44. The molecule has 0 saturated carbocycles. The van der Waals surface area contributed by atoms with Crippen LogP contribution >= 0.6 is 0 Å². The molecule has 0 radical (unpaired) electrons. The lowest BCUT2D eigenvalue weighted by Crippen LogP contribution is -3.14. The van der Waals surface area contributed by atoms with Crippen LogP contribution in [-0.2, 0) is 14.3 Å². The summed E-state index contributed by atoms with van der Waals surface area (Å²) in [5.41, 5.74) is 1.48. The Labute approximate surface area is 216 Å². The van der Waals surface area contributed by atoms with Gasteiger partial charge in [0, 0.05) is 5.57 Å². The van der Waals surface area contributed by atoms with Gasteiger partial charge in [-0.2, -0.15) is 0 Å². The molecule has 9 heteroatoms. The Kier molecular flexibility index (Phi) is 8.04. The van der Waals surface area contributed by atoms with Crippen LogP contribution in [0.1, 0.15) is 36.6 Å². The van der Waals surface area contributed by atoms with Gasteiger partial charge >= 0.3 is 0 Å². The van der Waals surface area contributed by atoms with Gasteiger partial charge in [-0.05, 0) is 61.7 Å². The van der Waals surface area contributed by atoms with Crippen molar-refractivity contribution in [3.8, 4) is 17.2 Å². The van der Waals surface area contributed by atoms with Crippen LogP contribution in [0.15, 0.2) is 42.0 Å². The first kappa shape index (κ1) is 26.5. The number of hydrogen-bond acceptors (Lipinski definition) is 7. The van der Waals surface area contributed by atoms with E-state index in [0.29, 0.717) is 43.2 Å². The van der Waals surface area contributed by atoms with Crippen molar-refractivity contribution in [3.05, 3.63) is 58.7 Å². The molecule has 2 aromatic rings. The molecule has 2 aliphatic heterocycles. The molecule has 2 fully saturated rings. The number of carbonyl (C=O) groups is 2. The highest BCUT2D eigenvalue weighted by atomic mass is 16.5. The molecule has 37 heavy (non-hydrogen) atoms. The van der Waals surface area contributed by atoms with Crippen molar-refractivity contribution in [2.24, 2.45) is 0 Å². The number of nitrogens with one attached hydrogen (secondary N) is 1. The summed E-state index contributed by atoms with van der Waals surface area (Å²) in [5.74, 6) is -1.24. The van der Waals surface area contributed by atoms with Crippen molar-refractivity contribution >= 4 is 17.4 Å². The third kappa shape index (κ3) is 5.57. The zero-order valence-corrected chi connectivity index (χ0v) is 21.7. The minimum absolute atomic E-state index is 0.0281. The maximum atomic E-state index is 13.8. The maximum absolute atomic E-state index is 13.8. The first-order valence-corrected chi connectivity index (χ1v) is 12.5. The lowest BCUT2D eigenvalue weighted by Gasteiger charge is -2.30. The van der Waals surface area contributed by atoms with E-state index in [9.17, 15) is 19.8 Å². The summed E-state index contributed by atoms with van der Waals surface area (Å²) in [6.45, 7) is 9.50. The molecular weight excluding hydrogens is 476 g/mol. The summed E-state index contributed by atoms with van der Waals surface area (Å²) in [5, 5.41) is 23.9. The van der Waals surface area contributed by atoms with E-state index in [1.54, 1.807) is 30.3 Å². The Hall–Kier alpha value is -3.56. The molecule has 1 atom stereocenters. The quantitative estimate of drug-likeness (QED) is 0.304. The minimum atomic E-state index is -0.894. The number of aromatic hydroxyl groups is 1. The Bertz CT molecular complexity index is 1200. The molecule has 9 nitrogen and oxygen atoms in total. The molecule has 2 aromatic carbocycles. The first-order valence-electron chi connectivity index (χ1n) is 12.5. The number of nitrogens with zero attached hydrogens (tertiary/aromatic N) is 1. The van der Waals surface area contributed by atoms with Crippen molar-refractivity contribution in [1.29, 1.82) is 0 Å². The fourth-order valence-electron chi connectivity index (χ4n) is 4.83. The normalized spacial score (nSPS) is 20.0. The number of methoxy groups -OCH3 is 1. The molecule has 1 unspecified atom stereocenters. The summed E-state index contributed by atoms with van der Waals surface area (Å²) in [6, 6.07) is 8.74. The topological polar surface area (TPSA) is 113 Å². The first-order chi connectivity index (χ1) is 17.7. The Morgan fingerprint density at radius 3 is 2.54 bits per heavy atom. The molecule has 1 amide bonds. The molecule has 2 heterocycles. The molecule has 4 rings (SSSR count). The number of phenols is 1. The lowest BCUT2D eigenvalue weighted by molar-refractivity contribution is -0.907. The average Bonchev–Trinajstić information content (AvgIpc) is 3.13. The number of benzene rings is 2. The average molecular weight is 511 g/mol. The second-order valence-corrected chi connectivity index (χ2v) is 9.66. The van der Waals surface area contributed by atoms with Crippen molar-refractivity contribution in [2.75, 3.05) is 46.5 Å². The van der Waals surface area contributed by atoms with E-state index in [1.807, 2.05) is 20.8 Å². The number of hydrogen-bond donors (Lipinski definition) is 2. The molecular formula is C28H34N2O7. The van der Waals surface area contributed by atoms with E-state index < -0.39 is 23.5 Å². The monoisotopic (exact) mass is 510 g/mol. The predicted octanol–water partition coefficient (Wildman–Crippen LogP) is 0.636. The smallest absolute Gasteiger partial charge is 0.295 e. The van der Waals surface area contributed by atoms with Crippen LogP contribution in [-0.4, -0.2) is 74.3 Å². The number of morpholine rings is 1. The highest BCUT2D eigenvalue weighted by Crippen LogP contribution is 2.41. The number of ether oxygens (including phenoxy) is 3. The summed E-state index contributed by atoms with van der Waals surface area (Å²) in [7, 11) is 1.42. The van der Waals surface area contributed by atoms with Gasteiger partial charge in [-0.3, -0.25) is 9.59 Å². The van der Waals surface area contributed by atoms with Gasteiger partial charge in [-0.15, -0.1) is 0 Å². The molecule has 2 N–H and O–H groups in total. The third-order valence-corrected chi connectivity index (χ3v) is 6.75. The number of likely N-dealkylation sites (tertiary alicyclic amines) is 1. The van der Waals surface area contributed by atoms with Gasteiger partial charge in [0.05, 0.1) is 45.6 Å². The van der Waals surface area contributed by atoms with E-state index in [-0.39, 0.29) is 23.2 Å². The number of amides is 1. The summed E-state index contributed by atoms with van der Waals surface area (Å²) in [4.78, 5) is 29.3. The molecule has 0 aliphatic carbocycles. The zero-order chi connectivity index (χ0) is 26.7. The van der Waals surface area contributed by atoms with Gasteiger partial charge in [0.2, 0.25) is 5.78 Å². The largest absolute Gasteiger partial charge is 0.872 e. The van der Waals surface area contributed by atoms with Crippen LogP contribution in [0.25, 0.3) is 5.76 Å². The fourth-order valence-corrected chi connectivity index (χ4v) is 4.83. The predicted molar refractivity (Wildman–Crippen MR) is 134 cm³/mol. The number of ketones is 1. The molecule has 2 aliphatic rings. The van der Waals surface area contributed by atoms with Crippen LogP contribution in [0.4, 0.5) is 0 Å². The van der Waals surface area contributed by atoms with Gasteiger partial charge in [0.15, 0.2) is 11.5 Å². The van der Waals surface area contributed by atoms with Gasteiger partial charge < -0.3 is 34.2 Å². The SMILES string of the molecule is COc1cc(C2C(=C([O-])c3ccc(OC(C)C)c(C)c3)C(=O)C(=O)N2CC[NH+]2CCOCC2)ccc1O. The van der Waals surface area contributed by atoms with Crippen LogP contribution < -0.4 is 19.5 Å². The van der Waals surface area contributed by atoms with E-state index >= 15 is 0 Å². The lowest BCUT2D eigenvalue weighted by atomic mass is 9.94. The Balaban J connectivity index is 1.76. The van der Waals surface area contributed by atoms with Gasteiger partial charge in [-0.1, -0.05) is 17.9 Å². The third-order valence-electron chi connectivity index (χ3n) is 6.75. The van der Waals surface area contributed by atoms with E-state index in [1.165, 1.54) is 23.0 Å². The van der Waals surface area contributed by atoms with E-state index in [2.05, 4.69) is 0 Å². The fraction of sp³-hybridized carbons (Fsp3) is 0.429. The number of rotatable bonds is 8. The second kappa shape index (κ2) is 11.2. The van der Waals surface area contributed by atoms with Crippen LogP contribution in [0.3, 0.4) is 0 Å². The van der Waals surface area contributed by atoms with Crippen molar-refractivity contribution in [2.45, 2.75) is 32.9 Å². The summed E-state index contributed by atoms with van der Waals surface area (Å²) < 4.78 is 16.5. The van der Waals surface area contributed by atoms with Gasteiger partial charge in [-0.25, -0.2) is 0 Å². The van der Waals surface area contributed by atoms with Crippen LogP contribution in [0, 0.1) is 6.92 Å². The second-order valence-electron chi connectivity index (χ2n) is 9.66. The number of phenolic OH excluding ortho intramolecular Hbond substituents is 1. The number of quaternary nitrogens is 1. The summed E-state index contributed by atoms with van der Waals surface area (Å²) in [6.07, 6.45) is -0.0281. The molecule has 0 spiro atoms. The number of aryl methyl sites for hydroxylation is 1. The van der Waals surface area contributed by atoms with Crippen molar-refractivity contribution < 1.29 is 38.9 Å². The van der Waals surface area contributed by atoms with E-state index in [0.717, 1.165) is 18.7 Å². The van der Waals surface area contributed by atoms with E-state index in [4.69, 9.17) is 14.2 Å². The van der Waals surface area contributed by atoms with Crippen molar-refractivity contribution in [3.63, 3.8) is 0 Å². The highest BCUT2D eigenvalue weighted by molar-refractivity contribution is 6.46. The van der Waals surface area contributed by atoms with Gasteiger partial charge in [0.25, 0.3) is 5.91 Å². The molecule has 0 bridgehead atoms. The minimum Gasteiger partial charge on any atom is -0.872 e. The molecule has 0 aromatic heterocycles. The van der Waals surface area contributed by atoms with Crippen LogP contribution in [0.2, 0.25) is 0 Å². The summed E-state index contributed by atoms with van der Waals surface area (Å²) >= 11 is 0. The molecule has 198 valence electrons. The maximum Gasteiger partial charge on any atom is 0.295 e. The van der Waals surface area contributed by atoms with Gasteiger partial charge in [0.1, 0.15) is 18.8 Å². The standard InChI is InChI=1S/C28H34N2O7/c1-17(2)37-22-8-6-20(15-18(22)3)26(32)24-25(19-5-7-21(31)23(16-19)35-4)30(28(34)27(24)33)10-9-29-11-13-36-14-12-29/h5-8,15-17,25,31-32H,9-14H2,1-4H3. The Morgan fingerprint density at radius 1 is 1.16 bits per heavy atom. The number of carbonyl (C=O) groups excluding carboxylic acids is 2. The zero-order valence-electron chi connectivity index (χ0n) is 21.7. The Morgan fingerprint density at radius 2 is 1.89 bits per heavy atom. The van der Waals surface area contributed by atoms with Crippen LogP contribution in [0.5, 0.6) is 17.2 Å². The van der Waals surface area contributed by atoms with Crippen molar-refractivity contribution in [1.82, 2.24) is 4.90 Å². The number of Topliss-reactive ketones (excluding diaryl/α,β-unsaturated/α-hetero) is 1. The molecule has 2 saturated heterocycles.